The summed E-state index contributed by atoms with van der Waals surface area (Å²) in [5, 5.41) is 20.4. The highest BCUT2D eigenvalue weighted by atomic mass is 16.5. The minimum Gasteiger partial charge on any atom is -0.492 e. The van der Waals surface area contributed by atoms with E-state index >= 15 is 0 Å². The highest BCUT2D eigenvalue weighted by Crippen LogP contribution is 2.16. The van der Waals surface area contributed by atoms with Crippen LogP contribution in [0.4, 0.5) is 5.69 Å². The van der Waals surface area contributed by atoms with Gasteiger partial charge in [-0.15, -0.1) is 0 Å². The first kappa shape index (κ1) is 26.1. The first-order valence-corrected chi connectivity index (χ1v) is 11.3. The van der Waals surface area contributed by atoms with Gasteiger partial charge in [-0.1, -0.05) is 32.4 Å². The molecule has 1 aromatic heterocycles. The lowest BCUT2D eigenvalue weighted by Gasteiger charge is -2.17. The number of anilines is 1. The van der Waals surface area contributed by atoms with Gasteiger partial charge in [0.1, 0.15) is 29.6 Å². The molecule has 9 nitrogen and oxygen atoms in total. The first-order valence-electron chi connectivity index (χ1n) is 11.3. The van der Waals surface area contributed by atoms with Gasteiger partial charge in [0.05, 0.1) is 12.3 Å². The van der Waals surface area contributed by atoms with Crippen LogP contribution in [0.2, 0.25) is 0 Å². The van der Waals surface area contributed by atoms with Crippen molar-refractivity contribution in [2.24, 2.45) is 0 Å². The summed E-state index contributed by atoms with van der Waals surface area (Å²) in [5.41, 5.74) is 1.72. The van der Waals surface area contributed by atoms with Crippen LogP contribution < -0.4 is 15.6 Å². The Bertz CT molecular complexity index is 1000. The van der Waals surface area contributed by atoms with Crippen LogP contribution in [0.1, 0.15) is 50.7 Å². The zero-order chi connectivity index (χ0) is 24.4. The van der Waals surface area contributed by atoms with Gasteiger partial charge in [-0.05, 0) is 31.0 Å². The van der Waals surface area contributed by atoms with Gasteiger partial charge < -0.3 is 25.3 Å². The van der Waals surface area contributed by atoms with E-state index in [9.17, 15) is 14.7 Å². The summed E-state index contributed by atoms with van der Waals surface area (Å²) >= 11 is 0. The maximum Gasteiger partial charge on any atom is 0.333 e. The maximum atomic E-state index is 13.1. The van der Waals surface area contributed by atoms with Crippen LogP contribution in [0.3, 0.4) is 0 Å². The molecule has 0 fully saturated rings. The van der Waals surface area contributed by atoms with Gasteiger partial charge in [-0.25, -0.2) is 9.78 Å². The Kier molecular flexibility index (Phi) is 10.1. The normalized spacial score (nSPS) is 11.8. The fraction of sp³-hybridized carbons (Fsp3) is 0.500. The van der Waals surface area contributed by atoms with Crippen LogP contribution in [0, 0.1) is 5.41 Å². The maximum absolute atomic E-state index is 13.1. The van der Waals surface area contributed by atoms with Gasteiger partial charge in [-0.3, -0.25) is 9.36 Å². The van der Waals surface area contributed by atoms with Crippen LogP contribution in [0.15, 0.2) is 29.1 Å². The number of nitrogens with one attached hydrogen (secondary N) is 2. The van der Waals surface area contributed by atoms with Gasteiger partial charge in [0.15, 0.2) is 6.10 Å². The zero-order valence-corrected chi connectivity index (χ0v) is 19.8. The predicted molar refractivity (Wildman–Crippen MR) is 128 cm³/mol. The van der Waals surface area contributed by atoms with Crippen LogP contribution >= 0.6 is 0 Å². The summed E-state index contributed by atoms with van der Waals surface area (Å²) in [6, 6.07) is 7.16. The van der Waals surface area contributed by atoms with Crippen molar-refractivity contribution in [2.75, 3.05) is 25.6 Å². The molecule has 3 N–H and O–H groups in total. The first-order chi connectivity index (χ1) is 15.9. The van der Waals surface area contributed by atoms with Crippen molar-refractivity contribution < 1.29 is 19.4 Å². The number of aliphatic carboxylic acids is 1. The van der Waals surface area contributed by atoms with E-state index in [-0.39, 0.29) is 18.6 Å². The van der Waals surface area contributed by atoms with E-state index in [0.717, 1.165) is 12.0 Å². The molecule has 9 heteroatoms. The minimum absolute atomic E-state index is 0.213. The average Bonchev–Trinajstić information content (AvgIpc) is 2.80. The number of carbonyl (C=O) groups is 1. The second kappa shape index (κ2) is 12.7. The Labute approximate surface area is 194 Å². The molecular weight excluding hydrogens is 424 g/mol. The van der Waals surface area contributed by atoms with Crippen molar-refractivity contribution in [3.05, 3.63) is 51.7 Å². The molecule has 0 aliphatic heterocycles. The summed E-state index contributed by atoms with van der Waals surface area (Å²) in [7, 11) is 1.66. The third kappa shape index (κ3) is 6.89. The van der Waals surface area contributed by atoms with Crippen molar-refractivity contribution in [2.45, 2.75) is 59.1 Å². The molecule has 33 heavy (non-hydrogen) atoms. The number of rotatable bonds is 14. The van der Waals surface area contributed by atoms with Gasteiger partial charge in [0.25, 0.3) is 5.56 Å². The smallest absolute Gasteiger partial charge is 0.333 e. The molecule has 1 heterocycles. The van der Waals surface area contributed by atoms with E-state index in [1.807, 2.05) is 26.0 Å². The number of nitrogens with zero attached hydrogens (tertiary/aromatic N) is 2. The molecule has 0 amide bonds. The average molecular weight is 459 g/mol. The summed E-state index contributed by atoms with van der Waals surface area (Å²) in [6.45, 7) is 6.60. The molecule has 180 valence electrons. The third-order valence-corrected chi connectivity index (χ3v) is 5.17. The van der Waals surface area contributed by atoms with Crippen molar-refractivity contribution in [1.82, 2.24) is 9.55 Å². The van der Waals surface area contributed by atoms with E-state index in [1.54, 1.807) is 30.7 Å². The number of hydrogen-bond acceptors (Lipinski definition) is 7. The molecule has 0 aliphatic carbocycles. The lowest BCUT2D eigenvalue weighted by atomic mass is 10.1. The number of ether oxygens (including phenoxy) is 2. The molecule has 0 bridgehead atoms. The molecule has 0 spiro atoms. The Morgan fingerprint density at radius 3 is 2.48 bits per heavy atom. The van der Waals surface area contributed by atoms with Gasteiger partial charge >= 0.3 is 5.97 Å². The molecule has 0 radical (unpaired) electrons. The van der Waals surface area contributed by atoms with Crippen molar-refractivity contribution in [3.63, 3.8) is 0 Å². The molecule has 0 unspecified atom stereocenters. The molecule has 0 saturated carbocycles. The van der Waals surface area contributed by atoms with Crippen molar-refractivity contribution in [3.8, 4) is 5.75 Å². The van der Waals surface area contributed by atoms with Crippen LogP contribution in [-0.2, 0) is 28.9 Å². The Hall–Kier alpha value is -3.20. The van der Waals surface area contributed by atoms with Crippen molar-refractivity contribution in [1.29, 1.82) is 5.41 Å². The highest BCUT2D eigenvalue weighted by Gasteiger charge is 2.19. The molecule has 1 aromatic carbocycles. The number of carboxylic acids is 1. The monoisotopic (exact) mass is 458 g/mol. The second-order valence-corrected chi connectivity index (χ2v) is 7.52. The third-order valence-electron chi connectivity index (χ3n) is 5.17. The van der Waals surface area contributed by atoms with Gasteiger partial charge in [-0.2, -0.15) is 0 Å². The standard InChI is InChI=1S/C24H34N4O5/c1-5-8-18(25)21-22(26-4)23(29)28(20(6-2)27-21)13-14-33-17-11-9-16(10-12-17)15-19(24(30)31)32-7-3/h9-12,19,25-26H,5-8,13-15H2,1-4H3,(H,30,31)/t19-/m0/s1. The Morgan fingerprint density at radius 1 is 1.24 bits per heavy atom. The lowest BCUT2D eigenvalue weighted by molar-refractivity contribution is -0.149. The SMILES string of the molecule is CCCC(=N)c1nc(CC)n(CCOc2ccc(C[C@H](OCC)C(=O)O)cc2)c(=O)c1NC. The Balaban J connectivity index is 2.10. The van der Waals surface area contributed by atoms with Crippen LogP contribution in [0.25, 0.3) is 0 Å². The molecule has 2 aromatic rings. The van der Waals surface area contributed by atoms with Crippen molar-refractivity contribution >= 4 is 17.4 Å². The van der Waals surface area contributed by atoms with Gasteiger partial charge in [0, 0.05) is 26.5 Å². The van der Waals surface area contributed by atoms with E-state index in [4.69, 9.17) is 14.9 Å². The molecular formula is C24H34N4O5. The molecule has 0 saturated heterocycles. The Morgan fingerprint density at radius 2 is 1.94 bits per heavy atom. The summed E-state index contributed by atoms with van der Waals surface area (Å²) < 4.78 is 12.6. The predicted octanol–water partition coefficient (Wildman–Crippen LogP) is 3.13. The van der Waals surface area contributed by atoms with E-state index in [1.165, 1.54) is 0 Å². The summed E-state index contributed by atoms with van der Waals surface area (Å²) in [6.07, 6.45) is 1.33. The fourth-order valence-electron chi connectivity index (χ4n) is 3.52. The number of hydrogen-bond donors (Lipinski definition) is 3. The number of carboxylic acid groups (broad SMARTS) is 1. The van der Waals surface area contributed by atoms with Gasteiger partial charge in [0.2, 0.25) is 0 Å². The zero-order valence-electron chi connectivity index (χ0n) is 19.8. The lowest BCUT2D eigenvalue weighted by Crippen LogP contribution is -2.31. The highest BCUT2D eigenvalue weighted by molar-refractivity contribution is 6.00. The fourth-order valence-corrected chi connectivity index (χ4v) is 3.52. The number of aromatic nitrogens is 2. The minimum atomic E-state index is -0.986. The van der Waals surface area contributed by atoms with E-state index in [2.05, 4.69) is 10.3 Å². The van der Waals surface area contributed by atoms with E-state index in [0.29, 0.717) is 54.7 Å². The van der Waals surface area contributed by atoms with Crippen LogP contribution in [0.5, 0.6) is 5.75 Å². The summed E-state index contributed by atoms with van der Waals surface area (Å²) in [4.78, 5) is 28.9. The number of aryl methyl sites for hydroxylation is 1. The topological polar surface area (TPSA) is 127 Å². The summed E-state index contributed by atoms with van der Waals surface area (Å²) in [5.74, 6) is 0.250. The van der Waals surface area contributed by atoms with E-state index < -0.39 is 12.1 Å². The van der Waals surface area contributed by atoms with Crippen LogP contribution in [-0.4, -0.2) is 52.7 Å². The quantitative estimate of drug-likeness (QED) is 0.371. The largest absolute Gasteiger partial charge is 0.492 e. The molecule has 0 aliphatic rings. The molecule has 2 rings (SSSR count). The number of benzene rings is 1. The molecule has 1 atom stereocenters. The second-order valence-electron chi connectivity index (χ2n) is 7.52.